The van der Waals surface area contributed by atoms with E-state index in [0.29, 0.717) is 5.39 Å². The lowest BCUT2D eigenvalue weighted by atomic mass is 10.0. The molecule has 0 radical (unpaired) electrons. The predicted molar refractivity (Wildman–Crippen MR) is 80.5 cm³/mol. The molecule has 0 aliphatic carbocycles. The molecule has 7 heteroatoms. The summed E-state index contributed by atoms with van der Waals surface area (Å²) in [6.07, 6.45) is 0. The molecule has 6 nitrogen and oxygen atoms in total. The van der Waals surface area contributed by atoms with E-state index in [2.05, 4.69) is 4.74 Å². The summed E-state index contributed by atoms with van der Waals surface area (Å²) in [5.74, 6) is -1.33. The first-order chi connectivity index (χ1) is 10.4. The van der Waals surface area contributed by atoms with Gasteiger partial charge in [0.05, 0.1) is 7.11 Å². The molecule has 1 heterocycles. The second-order valence-electron chi connectivity index (χ2n) is 4.82. The molecular weight excluding hydrogens is 306 g/mol. The van der Waals surface area contributed by atoms with Crippen molar-refractivity contribution >= 4 is 32.5 Å². The molecule has 0 spiro atoms. The monoisotopic (exact) mass is 319 g/mol. The average molecular weight is 319 g/mol. The van der Waals surface area contributed by atoms with Gasteiger partial charge in [-0.2, -0.15) is 0 Å². The van der Waals surface area contributed by atoms with Crippen LogP contribution < -0.4 is 0 Å². The number of ether oxygens (including phenoxy) is 1. The van der Waals surface area contributed by atoms with E-state index in [4.69, 9.17) is 0 Å². The number of nitrogens with zero attached hydrogens (tertiary/aromatic N) is 1. The number of rotatable bonds is 1. The van der Waals surface area contributed by atoms with Gasteiger partial charge >= 0.3 is 5.97 Å². The average Bonchev–Trinajstić information content (AvgIpc) is 2.52. The summed E-state index contributed by atoms with van der Waals surface area (Å²) in [6, 6.07) is 10.1. The highest BCUT2D eigenvalue weighted by Gasteiger charge is 2.39. The molecule has 1 aliphatic rings. The van der Waals surface area contributed by atoms with Gasteiger partial charge in [-0.15, -0.1) is 0 Å². The lowest BCUT2D eigenvalue weighted by Gasteiger charge is -2.28. The zero-order valence-corrected chi connectivity index (χ0v) is 12.7. The minimum atomic E-state index is -3.97. The second kappa shape index (κ2) is 4.74. The maximum Gasteiger partial charge on any atom is 0.359 e. The van der Waals surface area contributed by atoms with Crippen molar-refractivity contribution in [3.8, 4) is 0 Å². The molecule has 2 aromatic carbocycles. The van der Waals surface area contributed by atoms with Crippen LogP contribution in [0.3, 0.4) is 0 Å². The highest BCUT2D eigenvalue weighted by atomic mass is 32.2. The number of sulfonamides is 1. The molecule has 0 atom stereocenters. The largest absolute Gasteiger partial charge is 0.505 e. The van der Waals surface area contributed by atoms with Gasteiger partial charge in [-0.1, -0.05) is 30.3 Å². The molecule has 0 fully saturated rings. The number of methoxy groups -OCH3 is 1. The van der Waals surface area contributed by atoms with E-state index in [-0.39, 0.29) is 10.5 Å². The van der Waals surface area contributed by atoms with E-state index in [1.807, 2.05) is 0 Å². The Balaban J connectivity index is 2.47. The first-order valence-electron chi connectivity index (χ1n) is 6.42. The molecule has 0 bridgehead atoms. The third-order valence-electron chi connectivity index (χ3n) is 3.67. The van der Waals surface area contributed by atoms with Crippen LogP contribution in [0.15, 0.2) is 47.0 Å². The number of hydrogen-bond donors (Lipinski definition) is 1. The van der Waals surface area contributed by atoms with E-state index < -0.39 is 27.4 Å². The quantitative estimate of drug-likeness (QED) is 0.811. The number of hydrogen-bond acceptors (Lipinski definition) is 5. The van der Waals surface area contributed by atoms with Crippen molar-refractivity contribution in [2.75, 3.05) is 14.2 Å². The summed E-state index contributed by atoms with van der Waals surface area (Å²) in [7, 11) is -1.64. The SMILES string of the molecule is COC(=O)C1=C(O)c2ccc3ccccc3c2S(=O)(=O)N1C. The Bertz CT molecular complexity index is 930. The zero-order chi connectivity index (χ0) is 16.1. The smallest absolute Gasteiger partial charge is 0.359 e. The van der Waals surface area contributed by atoms with Gasteiger partial charge in [0.1, 0.15) is 4.90 Å². The Morgan fingerprint density at radius 2 is 1.86 bits per heavy atom. The van der Waals surface area contributed by atoms with Crippen LogP contribution in [0.2, 0.25) is 0 Å². The van der Waals surface area contributed by atoms with Crippen molar-refractivity contribution in [1.29, 1.82) is 0 Å². The lowest BCUT2D eigenvalue weighted by molar-refractivity contribution is -0.137. The minimum Gasteiger partial charge on any atom is -0.505 e. The topological polar surface area (TPSA) is 83.9 Å². The van der Waals surface area contributed by atoms with E-state index >= 15 is 0 Å². The van der Waals surface area contributed by atoms with Crippen molar-refractivity contribution in [2.24, 2.45) is 0 Å². The van der Waals surface area contributed by atoms with Gasteiger partial charge in [0, 0.05) is 18.0 Å². The third-order valence-corrected chi connectivity index (χ3v) is 5.53. The van der Waals surface area contributed by atoms with Crippen LogP contribution >= 0.6 is 0 Å². The summed E-state index contributed by atoms with van der Waals surface area (Å²) in [4.78, 5) is 11.8. The summed E-state index contributed by atoms with van der Waals surface area (Å²) in [5, 5.41) is 11.6. The standard InChI is InChI=1S/C15H13NO5S/c1-16-12(15(18)21-2)13(17)11-8-7-9-5-3-4-6-10(9)14(11)22(16,19)20/h3-8,17H,1-2H3. The predicted octanol–water partition coefficient (Wildman–Crippen LogP) is 1.87. The molecule has 22 heavy (non-hydrogen) atoms. The summed E-state index contributed by atoms with van der Waals surface area (Å²) in [5.41, 5.74) is -0.303. The first-order valence-corrected chi connectivity index (χ1v) is 7.86. The second-order valence-corrected chi connectivity index (χ2v) is 6.73. The van der Waals surface area contributed by atoms with Crippen LogP contribution in [-0.4, -0.2) is 38.0 Å². The van der Waals surface area contributed by atoms with E-state index in [0.717, 1.165) is 16.8 Å². The van der Waals surface area contributed by atoms with E-state index in [1.54, 1.807) is 30.3 Å². The Labute approximate surface area is 127 Å². The van der Waals surface area contributed by atoms with Crippen LogP contribution in [-0.2, 0) is 19.6 Å². The third kappa shape index (κ3) is 1.79. The molecule has 0 saturated carbocycles. The highest BCUT2D eigenvalue weighted by molar-refractivity contribution is 7.89. The number of aliphatic hydroxyl groups excluding tert-OH is 1. The Kier molecular flexibility index (Phi) is 3.10. The molecule has 0 aromatic heterocycles. The van der Waals surface area contributed by atoms with Crippen LogP contribution in [0.1, 0.15) is 5.56 Å². The van der Waals surface area contributed by atoms with E-state index in [1.165, 1.54) is 13.1 Å². The first kappa shape index (κ1) is 14.4. The maximum atomic E-state index is 12.8. The summed E-state index contributed by atoms with van der Waals surface area (Å²) >= 11 is 0. The van der Waals surface area contributed by atoms with Crippen LogP contribution in [0.25, 0.3) is 16.5 Å². The Morgan fingerprint density at radius 3 is 2.55 bits per heavy atom. The van der Waals surface area contributed by atoms with Gasteiger partial charge in [-0.3, -0.25) is 4.31 Å². The van der Waals surface area contributed by atoms with Crippen LogP contribution in [0.5, 0.6) is 0 Å². The lowest BCUT2D eigenvalue weighted by Crippen LogP contribution is -2.35. The molecule has 0 saturated heterocycles. The number of benzene rings is 2. The van der Waals surface area contributed by atoms with Crippen molar-refractivity contribution in [1.82, 2.24) is 4.31 Å². The summed E-state index contributed by atoms with van der Waals surface area (Å²) < 4.78 is 30.9. The fourth-order valence-corrected chi connectivity index (χ4v) is 4.14. The molecule has 3 rings (SSSR count). The molecule has 114 valence electrons. The zero-order valence-electron chi connectivity index (χ0n) is 11.9. The number of carbonyl (C=O) groups is 1. The van der Waals surface area contributed by atoms with Crippen LogP contribution in [0.4, 0.5) is 0 Å². The molecular formula is C15H13NO5S. The molecule has 0 amide bonds. The van der Waals surface area contributed by atoms with Gasteiger partial charge in [-0.05, 0) is 11.5 Å². The molecule has 2 aromatic rings. The number of carbonyl (C=O) groups excluding carboxylic acids is 1. The van der Waals surface area contributed by atoms with Gasteiger partial charge in [0.2, 0.25) is 0 Å². The van der Waals surface area contributed by atoms with Gasteiger partial charge < -0.3 is 9.84 Å². The number of aliphatic hydroxyl groups is 1. The van der Waals surface area contributed by atoms with Crippen molar-refractivity contribution in [3.05, 3.63) is 47.7 Å². The van der Waals surface area contributed by atoms with Gasteiger partial charge in [0.25, 0.3) is 10.0 Å². The van der Waals surface area contributed by atoms with Crippen LogP contribution in [0, 0.1) is 0 Å². The Hall–Kier alpha value is -2.54. The maximum absolute atomic E-state index is 12.8. The molecule has 0 unspecified atom stereocenters. The molecule has 1 aliphatic heterocycles. The fraction of sp³-hybridized carbons (Fsp3) is 0.133. The van der Waals surface area contributed by atoms with Crippen molar-refractivity contribution in [3.63, 3.8) is 0 Å². The number of likely N-dealkylation sites (N-methyl/N-ethyl adjacent to an activating group) is 1. The van der Waals surface area contributed by atoms with E-state index in [9.17, 15) is 18.3 Å². The number of esters is 1. The minimum absolute atomic E-state index is 0.0155. The Morgan fingerprint density at radius 1 is 1.18 bits per heavy atom. The van der Waals surface area contributed by atoms with Gasteiger partial charge in [-0.25, -0.2) is 13.2 Å². The molecule has 1 N–H and O–H groups in total. The fourth-order valence-electron chi connectivity index (χ4n) is 2.56. The normalized spacial score (nSPS) is 16.5. The number of fused-ring (bicyclic) bond motifs is 3. The van der Waals surface area contributed by atoms with Crippen molar-refractivity contribution < 1.29 is 23.1 Å². The van der Waals surface area contributed by atoms with Gasteiger partial charge in [0.15, 0.2) is 11.5 Å². The highest BCUT2D eigenvalue weighted by Crippen LogP contribution is 2.39. The summed E-state index contributed by atoms with van der Waals surface area (Å²) in [6.45, 7) is 0. The van der Waals surface area contributed by atoms with Crippen molar-refractivity contribution in [2.45, 2.75) is 4.90 Å².